The summed E-state index contributed by atoms with van der Waals surface area (Å²) < 4.78 is 0. The van der Waals surface area contributed by atoms with Gasteiger partial charge in [0.25, 0.3) is 0 Å². The lowest BCUT2D eigenvalue weighted by atomic mass is 10.2. The van der Waals surface area contributed by atoms with Crippen LogP contribution in [-0.2, 0) is 4.79 Å². The van der Waals surface area contributed by atoms with Crippen molar-refractivity contribution < 1.29 is 4.79 Å². The number of nitrogens with two attached hydrogens (primary N) is 1. The van der Waals surface area contributed by atoms with E-state index >= 15 is 0 Å². The lowest BCUT2D eigenvalue weighted by molar-refractivity contribution is -0.121. The van der Waals surface area contributed by atoms with Gasteiger partial charge in [0, 0.05) is 38.6 Å². The predicted octanol–water partition coefficient (Wildman–Crippen LogP) is -0.217. The van der Waals surface area contributed by atoms with Crippen molar-refractivity contribution in [1.29, 1.82) is 0 Å². The minimum absolute atomic E-state index is 0.0687. The van der Waals surface area contributed by atoms with Crippen molar-refractivity contribution in [3.05, 3.63) is 0 Å². The van der Waals surface area contributed by atoms with Crippen LogP contribution in [0.3, 0.4) is 0 Å². The van der Waals surface area contributed by atoms with Gasteiger partial charge in [0.1, 0.15) is 0 Å². The smallest absolute Gasteiger partial charge is 0.233 e. The maximum absolute atomic E-state index is 10.9. The standard InChI is InChI=1S/C11H24N4O/c1-10(2)15-8-6-14(7-9-15)5-3-4-11(16)13-12/h10H,3-9,12H2,1-2H3,(H,13,16). The lowest BCUT2D eigenvalue weighted by Crippen LogP contribution is -2.49. The molecule has 1 fully saturated rings. The van der Waals surface area contributed by atoms with E-state index in [4.69, 9.17) is 5.84 Å². The van der Waals surface area contributed by atoms with E-state index in [0.29, 0.717) is 12.5 Å². The molecule has 1 saturated heterocycles. The van der Waals surface area contributed by atoms with Crippen LogP contribution in [0.2, 0.25) is 0 Å². The van der Waals surface area contributed by atoms with E-state index in [1.165, 1.54) is 0 Å². The van der Waals surface area contributed by atoms with Gasteiger partial charge in [-0.2, -0.15) is 0 Å². The van der Waals surface area contributed by atoms with Crippen molar-refractivity contribution in [2.75, 3.05) is 32.7 Å². The number of hydrazine groups is 1. The molecular weight excluding hydrogens is 204 g/mol. The van der Waals surface area contributed by atoms with Crippen molar-refractivity contribution in [1.82, 2.24) is 15.2 Å². The zero-order valence-electron chi connectivity index (χ0n) is 10.4. The van der Waals surface area contributed by atoms with Crippen molar-refractivity contribution in [2.45, 2.75) is 32.7 Å². The monoisotopic (exact) mass is 228 g/mol. The van der Waals surface area contributed by atoms with Gasteiger partial charge in [0.2, 0.25) is 5.91 Å². The summed E-state index contributed by atoms with van der Waals surface area (Å²) in [5.74, 6) is 4.95. The summed E-state index contributed by atoms with van der Waals surface area (Å²) >= 11 is 0. The molecular formula is C11H24N4O. The summed E-state index contributed by atoms with van der Waals surface area (Å²) in [4.78, 5) is 15.8. The maximum atomic E-state index is 10.9. The van der Waals surface area contributed by atoms with Gasteiger partial charge in [0.05, 0.1) is 0 Å². The molecule has 0 aromatic rings. The molecule has 0 spiro atoms. The number of hydrogen-bond donors (Lipinski definition) is 2. The van der Waals surface area contributed by atoms with E-state index in [2.05, 4.69) is 29.1 Å². The SMILES string of the molecule is CC(C)N1CCN(CCCC(=O)NN)CC1. The van der Waals surface area contributed by atoms with Crippen LogP contribution in [-0.4, -0.2) is 54.5 Å². The molecule has 1 aliphatic rings. The molecule has 0 radical (unpaired) electrons. The predicted molar refractivity (Wildman–Crippen MR) is 64.7 cm³/mol. The van der Waals surface area contributed by atoms with Gasteiger partial charge in [-0.15, -0.1) is 0 Å². The number of carbonyl (C=O) groups excluding carboxylic acids is 1. The molecule has 0 atom stereocenters. The Morgan fingerprint density at radius 1 is 1.31 bits per heavy atom. The number of piperazine rings is 1. The van der Waals surface area contributed by atoms with Crippen molar-refractivity contribution >= 4 is 5.91 Å². The molecule has 5 heteroatoms. The first-order valence-electron chi connectivity index (χ1n) is 6.09. The fourth-order valence-electron chi connectivity index (χ4n) is 2.04. The van der Waals surface area contributed by atoms with Crippen LogP contribution in [0.15, 0.2) is 0 Å². The number of amides is 1. The zero-order chi connectivity index (χ0) is 12.0. The molecule has 1 amide bonds. The first kappa shape index (κ1) is 13.4. The van der Waals surface area contributed by atoms with Crippen LogP contribution in [0.4, 0.5) is 0 Å². The molecule has 1 heterocycles. The minimum atomic E-state index is -0.0687. The van der Waals surface area contributed by atoms with E-state index in [9.17, 15) is 4.79 Å². The Kier molecular flexibility index (Phi) is 5.73. The molecule has 5 nitrogen and oxygen atoms in total. The van der Waals surface area contributed by atoms with E-state index in [0.717, 1.165) is 39.1 Å². The van der Waals surface area contributed by atoms with E-state index < -0.39 is 0 Å². The van der Waals surface area contributed by atoms with Crippen LogP contribution in [0, 0.1) is 0 Å². The summed E-state index contributed by atoms with van der Waals surface area (Å²) in [5.41, 5.74) is 2.16. The Labute approximate surface area is 97.9 Å². The van der Waals surface area contributed by atoms with Gasteiger partial charge in [0.15, 0.2) is 0 Å². The van der Waals surface area contributed by atoms with Gasteiger partial charge in [-0.25, -0.2) is 5.84 Å². The molecule has 1 aliphatic heterocycles. The highest BCUT2D eigenvalue weighted by Crippen LogP contribution is 2.06. The number of rotatable bonds is 5. The summed E-state index contributed by atoms with van der Waals surface area (Å²) in [5, 5.41) is 0. The Hall–Kier alpha value is -0.650. The van der Waals surface area contributed by atoms with E-state index in [-0.39, 0.29) is 5.91 Å². The average molecular weight is 228 g/mol. The third-order valence-corrected chi connectivity index (χ3v) is 3.18. The second kappa shape index (κ2) is 6.83. The van der Waals surface area contributed by atoms with Gasteiger partial charge in [-0.1, -0.05) is 0 Å². The van der Waals surface area contributed by atoms with Crippen LogP contribution in [0.5, 0.6) is 0 Å². The molecule has 0 bridgehead atoms. The summed E-state index contributed by atoms with van der Waals surface area (Å²) in [6.07, 6.45) is 1.42. The fourth-order valence-corrected chi connectivity index (χ4v) is 2.04. The quantitative estimate of drug-likeness (QED) is 0.388. The molecule has 16 heavy (non-hydrogen) atoms. The molecule has 0 aliphatic carbocycles. The lowest BCUT2D eigenvalue weighted by Gasteiger charge is -2.36. The van der Waals surface area contributed by atoms with Crippen LogP contribution in [0.25, 0.3) is 0 Å². The van der Waals surface area contributed by atoms with E-state index in [1.807, 2.05) is 0 Å². The van der Waals surface area contributed by atoms with Gasteiger partial charge in [-0.3, -0.25) is 15.1 Å². The van der Waals surface area contributed by atoms with Crippen LogP contribution < -0.4 is 11.3 Å². The van der Waals surface area contributed by atoms with Crippen LogP contribution >= 0.6 is 0 Å². The Morgan fingerprint density at radius 3 is 2.44 bits per heavy atom. The second-order valence-corrected chi connectivity index (χ2v) is 4.64. The van der Waals surface area contributed by atoms with Crippen molar-refractivity contribution in [3.8, 4) is 0 Å². The minimum Gasteiger partial charge on any atom is -0.301 e. The molecule has 0 unspecified atom stereocenters. The van der Waals surface area contributed by atoms with Gasteiger partial charge < -0.3 is 4.90 Å². The summed E-state index contributed by atoms with van der Waals surface area (Å²) in [6.45, 7) is 9.98. The average Bonchev–Trinajstić information content (AvgIpc) is 2.29. The molecule has 0 aromatic carbocycles. The number of nitrogens with one attached hydrogen (secondary N) is 1. The largest absolute Gasteiger partial charge is 0.301 e. The normalized spacial score (nSPS) is 19.0. The first-order chi connectivity index (χ1) is 7.63. The molecule has 0 aromatic heterocycles. The second-order valence-electron chi connectivity index (χ2n) is 4.64. The molecule has 3 N–H and O–H groups in total. The number of nitrogens with zero attached hydrogens (tertiary/aromatic N) is 2. The van der Waals surface area contributed by atoms with Crippen LogP contribution in [0.1, 0.15) is 26.7 Å². The molecule has 1 rings (SSSR count). The van der Waals surface area contributed by atoms with Gasteiger partial charge >= 0.3 is 0 Å². The van der Waals surface area contributed by atoms with Crippen molar-refractivity contribution in [2.24, 2.45) is 5.84 Å². The first-order valence-corrected chi connectivity index (χ1v) is 6.09. The topological polar surface area (TPSA) is 61.6 Å². The highest BCUT2D eigenvalue weighted by atomic mass is 16.2. The zero-order valence-corrected chi connectivity index (χ0v) is 10.4. The third-order valence-electron chi connectivity index (χ3n) is 3.18. The number of carbonyl (C=O) groups is 1. The Balaban J connectivity index is 2.10. The Morgan fingerprint density at radius 2 is 1.94 bits per heavy atom. The van der Waals surface area contributed by atoms with E-state index in [1.54, 1.807) is 0 Å². The molecule has 94 valence electrons. The van der Waals surface area contributed by atoms with Crippen molar-refractivity contribution in [3.63, 3.8) is 0 Å². The summed E-state index contributed by atoms with van der Waals surface area (Å²) in [6, 6.07) is 0.644. The highest BCUT2D eigenvalue weighted by molar-refractivity contribution is 5.75. The number of hydrogen-bond acceptors (Lipinski definition) is 4. The Bertz CT molecular complexity index is 212. The highest BCUT2D eigenvalue weighted by Gasteiger charge is 2.18. The summed E-state index contributed by atoms with van der Waals surface area (Å²) in [7, 11) is 0. The molecule has 0 saturated carbocycles. The van der Waals surface area contributed by atoms with Gasteiger partial charge in [-0.05, 0) is 26.8 Å². The fraction of sp³-hybridized carbons (Fsp3) is 0.909. The maximum Gasteiger partial charge on any atom is 0.233 e. The third kappa shape index (κ3) is 4.47.